The van der Waals surface area contributed by atoms with Gasteiger partial charge in [-0.2, -0.15) is 5.10 Å². The molecule has 0 aliphatic rings. The number of ether oxygens (including phenoxy) is 1. The van der Waals surface area contributed by atoms with Gasteiger partial charge in [0, 0.05) is 6.54 Å². The van der Waals surface area contributed by atoms with Crippen molar-refractivity contribution in [2.45, 2.75) is 40.2 Å². The summed E-state index contributed by atoms with van der Waals surface area (Å²) in [4.78, 5) is 0. The Hall–Kier alpha value is -1.97. The van der Waals surface area contributed by atoms with Crippen molar-refractivity contribution < 1.29 is 4.74 Å². The standard InChI is InChI=1S/C15H21N3O/c1-4-9-18-15(14(16)11(3)17-18)19-13-8-6-7-12(5-2)10-13/h6-8,10H,4-5,9,16H2,1-3H3. The van der Waals surface area contributed by atoms with E-state index in [1.54, 1.807) is 0 Å². The van der Waals surface area contributed by atoms with Crippen LogP contribution < -0.4 is 10.5 Å². The minimum absolute atomic E-state index is 0.621. The van der Waals surface area contributed by atoms with Crippen molar-refractivity contribution in [2.24, 2.45) is 0 Å². The fourth-order valence-electron chi connectivity index (χ4n) is 1.99. The summed E-state index contributed by atoms with van der Waals surface area (Å²) in [5.74, 6) is 1.45. The summed E-state index contributed by atoms with van der Waals surface area (Å²) in [6.07, 6.45) is 1.98. The Morgan fingerprint density at radius 1 is 1.32 bits per heavy atom. The molecule has 0 unspecified atom stereocenters. The molecule has 19 heavy (non-hydrogen) atoms. The summed E-state index contributed by atoms with van der Waals surface area (Å²) in [5, 5.41) is 4.41. The van der Waals surface area contributed by atoms with E-state index < -0.39 is 0 Å². The Balaban J connectivity index is 2.31. The molecule has 0 atom stereocenters. The van der Waals surface area contributed by atoms with Gasteiger partial charge in [0.25, 0.3) is 0 Å². The van der Waals surface area contributed by atoms with Crippen LogP contribution in [-0.4, -0.2) is 9.78 Å². The zero-order valence-electron chi connectivity index (χ0n) is 11.8. The number of hydrogen-bond donors (Lipinski definition) is 1. The minimum atomic E-state index is 0.621. The molecule has 0 aliphatic carbocycles. The highest BCUT2D eigenvalue weighted by Crippen LogP contribution is 2.30. The van der Waals surface area contributed by atoms with Gasteiger partial charge in [0.05, 0.1) is 5.69 Å². The number of nitrogen functional groups attached to an aromatic ring is 1. The first-order chi connectivity index (χ1) is 9.15. The molecule has 1 aromatic heterocycles. The maximum Gasteiger partial charge on any atom is 0.241 e. The van der Waals surface area contributed by atoms with E-state index in [9.17, 15) is 0 Å². The van der Waals surface area contributed by atoms with Crippen molar-refractivity contribution in [1.82, 2.24) is 9.78 Å². The molecule has 0 radical (unpaired) electrons. The first kappa shape index (κ1) is 13.5. The minimum Gasteiger partial charge on any atom is -0.437 e. The number of aryl methyl sites for hydroxylation is 3. The summed E-state index contributed by atoms with van der Waals surface area (Å²) in [6.45, 7) is 6.94. The number of benzene rings is 1. The summed E-state index contributed by atoms with van der Waals surface area (Å²) >= 11 is 0. The van der Waals surface area contributed by atoms with Gasteiger partial charge in [0.1, 0.15) is 11.4 Å². The summed E-state index contributed by atoms with van der Waals surface area (Å²) in [7, 11) is 0. The van der Waals surface area contributed by atoms with Crippen LogP contribution in [0, 0.1) is 6.92 Å². The molecular weight excluding hydrogens is 238 g/mol. The van der Waals surface area contributed by atoms with Crippen LogP contribution in [0.15, 0.2) is 24.3 Å². The third kappa shape index (κ3) is 2.89. The molecule has 2 rings (SSSR count). The van der Waals surface area contributed by atoms with Crippen LogP contribution in [0.1, 0.15) is 31.5 Å². The SMILES string of the molecule is CCCn1nc(C)c(N)c1Oc1cccc(CC)c1. The number of nitrogens with two attached hydrogens (primary N) is 1. The maximum absolute atomic E-state index is 6.04. The van der Waals surface area contributed by atoms with Gasteiger partial charge in [0.15, 0.2) is 0 Å². The smallest absolute Gasteiger partial charge is 0.241 e. The predicted octanol–water partition coefficient (Wildman–Crippen LogP) is 3.54. The molecule has 1 aromatic carbocycles. The molecule has 0 bridgehead atoms. The molecule has 0 fully saturated rings. The molecule has 0 saturated heterocycles. The summed E-state index contributed by atoms with van der Waals surface area (Å²) in [6, 6.07) is 8.07. The van der Waals surface area contributed by atoms with E-state index in [0.29, 0.717) is 11.6 Å². The van der Waals surface area contributed by atoms with Crippen molar-refractivity contribution in [2.75, 3.05) is 5.73 Å². The van der Waals surface area contributed by atoms with E-state index in [0.717, 1.165) is 30.8 Å². The molecule has 0 aliphatic heterocycles. The Labute approximate surface area is 114 Å². The first-order valence-electron chi connectivity index (χ1n) is 6.75. The van der Waals surface area contributed by atoms with E-state index in [1.165, 1.54) is 5.56 Å². The molecular formula is C15H21N3O. The molecule has 2 N–H and O–H groups in total. The monoisotopic (exact) mass is 259 g/mol. The second-order valence-electron chi connectivity index (χ2n) is 4.63. The Bertz CT molecular complexity index is 561. The highest BCUT2D eigenvalue weighted by molar-refractivity contribution is 5.54. The number of hydrogen-bond acceptors (Lipinski definition) is 3. The van der Waals surface area contributed by atoms with E-state index in [4.69, 9.17) is 10.5 Å². The lowest BCUT2D eigenvalue weighted by Gasteiger charge is -2.09. The first-order valence-corrected chi connectivity index (χ1v) is 6.75. The van der Waals surface area contributed by atoms with Crippen LogP contribution in [0.25, 0.3) is 0 Å². The van der Waals surface area contributed by atoms with Gasteiger partial charge in [-0.05, 0) is 37.5 Å². The Morgan fingerprint density at radius 3 is 2.79 bits per heavy atom. The second-order valence-corrected chi connectivity index (χ2v) is 4.63. The highest BCUT2D eigenvalue weighted by atomic mass is 16.5. The van der Waals surface area contributed by atoms with Crippen molar-refractivity contribution >= 4 is 5.69 Å². The lowest BCUT2D eigenvalue weighted by Crippen LogP contribution is -2.02. The van der Waals surface area contributed by atoms with E-state index in [1.807, 2.05) is 29.8 Å². The Kier molecular flexibility index (Phi) is 4.10. The average Bonchev–Trinajstić information content (AvgIpc) is 2.67. The highest BCUT2D eigenvalue weighted by Gasteiger charge is 2.14. The fourth-order valence-corrected chi connectivity index (χ4v) is 1.99. The van der Waals surface area contributed by atoms with Gasteiger partial charge in [-0.1, -0.05) is 26.0 Å². The van der Waals surface area contributed by atoms with Crippen LogP contribution in [0.4, 0.5) is 5.69 Å². The average molecular weight is 259 g/mol. The van der Waals surface area contributed by atoms with Crippen molar-refractivity contribution in [3.05, 3.63) is 35.5 Å². The lowest BCUT2D eigenvalue weighted by atomic mass is 10.2. The van der Waals surface area contributed by atoms with Gasteiger partial charge in [-0.25, -0.2) is 4.68 Å². The van der Waals surface area contributed by atoms with Gasteiger partial charge < -0.3 is 10.5 Å². The van der Waals surface area contributed by atoms with Gasteiger partial charge in [0.2, 0.25) is 5.88 Å². The van der Waals surface area contributed by atoms with Crippen LogP contribution in [-0.2, 0) is 13.0 Å². The van der Waals surface area contributed by atoms with Crippen molar-refractivity contribution in [1.29, 1.82) is 0 Å². The third-order valence-electron chi connectivity index (χ3n) is 3.08. The molecule has 1 heterocycles. The van der Waals surface area contributed by atoms with E-state index in [-0.39, 0.29) is 0 Å². The molecule has 4 nitrogen and oxygen atoms in total. The van der Waals surface area contributed by atoms with Crippen LogP contribution in [0.5, 0.6) is 11.6 Å². The van der Waals surface area contributed by atoms with Gasteiger partial charge >= 0.3 is 0 Å². The summed E-state index contributed by atoms with van der Waals surface area (Å²) in [5.41, 5.74) is 8.72. The quantitative estimate of drug-likeness (QED) is 0.893. The van der Waals surface area contributed by atoms with E-state index >= 15 is 0 Å². The third-order valence-corrected chi connectivity index (χ3v) is 3.08. The molecule has 102 valence electrons. The van der Waals surface area contributed by atoms with Crippen molar-refractivity contribution in [3.8, 4) is 11.6 Å². The summed E-state index contributed by atoms with van der Waals surface area (Å²) < 4.78 is 7.77. The normalized spacial score (nSPS) is 10.7. The van der Waals surface area contributed by atoms with Crippen LogP contribution in [0.2, 0.25) is 0 Å². The topological polar surface area (TPSA) is 53.1 Å². The van der Waals surface area contributed by atoms with Crippen LogP contribution in [0.3, 0.4) is 0 Å². The second kappa shape index (κ2) is 5.78. The fraction of sp³-hybridized carbons (Fsp3) is 0.400. The molecule has 0 amide bonds. The number of anilines is 1. The van der Waals surface area contributed by atoms with Gasteiger partial charge in [-0.3, -0.25) is 0 Å². The maximum atomic E-state index is 6.04. The number of rotatable bonds is 5. The number of aromatic nitrogens is 2. The van der Waals surface area contributed by atoms with E-state index in [2.05, 4.69) is 25.0 Å². The Morgan fingerprint density at radius 2 is 2.11 bits per heavy atom. The lowest BCUT2D eigenvalue weighted by molar-refractivity contribution is 0.410. The van der Waals surface area contributed by atoms with Gasteiger partial charge in [-0.15, -0.1) is 0 Å². The van der Waals surface area contributed by atoms with Crippen LogP contribution >= 0.6 is 0 Å². The van der Waals surface area contributed by atoms with Crippen molar-refractivity contribution in [3.63, 3.8) is 0 Å². The molecule has 0 saturated carbocycles. The number of nitrogens with zero attached hydrogens (tertiary/aromatic N) is 2. The zero-order chi connectivity index (χ0) is 13.8. The molecule has 0 spiro atoms. The molecule has 4 heteroatoms. The largest absolute Gasteiger partial charge is 0.437 e. The zero-order valence-corrected chi connectivity index (χ0v) is 11.8. The molecule has 2 aromatic rings. The predicted molar refractivity (Wildman–Crippen MR) is 77.6 cm³/mol.